The Labute approximate surface area is 217 Å². The summed E-state index contributed by atoms with van der Waals surface area (Å²) in [5.41, 5.74) is 1.42. The molecule has 0 aromatic carbocycles. The molecule has 3 heterocycles. The first-order valence-electron chi connectivity index (χ1n) is 12.0. The van der Waals surface area contributed by atoms with Gasteiger partial charge >= 0.3 is 6.16 Å². The summed E-state index contributed by atoms with van der Waals surface area (Å²) in [5.74, 6) is 2.08. The SMILES string of the molecule is COc1c(OC2CCN(OC(=O)OC(C)C)CC2)ccnc1Nc1ccc(NCCS(C)(=O)=O)nc1C. The standard InChI is InChI=1S/C24H35N5O7S/c1-16(2)34-24(30)36-29-13-9-18(10-14-29)35-20-8-11-26-23(22(20)33-4)28-19-6-7-21(27-17(19)3)25-12-15-37(5,31)32/h6-8,11,16,18H,9-10,12-15H2,1-5H3,(H,25,27)(H,26,28). The predicted molar refractivity (Wildman–Crippen MR) is 139 cm³/mol. The minimum absolute atomic E-state index is 0.0262. The largest absolute Gasteiger partial charge is 0.528 e. The average Bonchev–Trinajstić information content (AvgIpc) is 2.81. The first-order valence-corrected chi connectivity index (χ1v) is 14.1. The Morgan fingerprint density at radius 2 is 1.95 bits per heavy atom. The molecule has 2 N–H and O–H groups in total. The minimum atomic E-state index is -3.05. The van der Waals surface area contributed by atoms with Gasteiger partial charge in [-0.15, -0.1) is 5.06 Å². The van der Waals surface area contributed by atoms with Crippen LogP contribution in [0.1, 0.15) is 32.4 Å². The monoisotopic (exact) mass is 537 g/mol. The van der Waals surface area contributed by atoms with E-state index in [1.54, 1.807) is 44.4 Å². The van der Waals surface area contributed by atoms with Gasteiger partial charge in [0.2, 0.25) is 5.75 Å². The van der Waals surface area contributed by atoms with E-state index in [0.29, 0.717) is 54.8 Å². The van der Waals surface area contributed by atoms with Gasteiger partial charge in [0, 0.05) is 51.0 Å². The molecule has 2 aromatic rings. The molecule has 0 saturated carbocycles. The third-order valence-corrected chi connectivity index (χ3v) is 6.37. The molecule has 2 aromatic heterocycles. The Balaban J connectivity index is 1.60. The maximum absolute atomic E-state index is 11.7. The van der Waals surface area contributed by atoms with Gasteiger partial charge in [0.25, 0.3) is 0 Å². The molecule has 0 amide bonds. The molecule has 1 fully saturated rings. The Bertz CT molecular complexity index is 1170. The molecule has 12 nitrogen and oxygen atoms in total. The number of pyridine rings is 2. The van der Waals surface area contributed by atoms with Crippen molar-refractivity contribution in [2.45, 2.75) is 45.8 Å². The van der Waals surface area contributed by atoms with Crippen LogP contribution in [0.5, 0.6) is 11.5 Å². The topological polar surface area (TPSA) is 141 Å². The summed E-state index contributed by atoms with van der Waals surface area (Å²) < 4.78 is 39.5. The fourth-order valence-corrected chi connectivity index (χ4v) is 4.11. The number of methoxy groups -OCH3 is 1. The van der Waals surface area contributed by atoms with Crippen LogP contribution in [0.2, 0.25) is 0 Å². The molecule has 0 atom stereocenters. The van der Waals surface area contributed by atoms with Gasteiger partial charge in [0.1, 0.15) is 21.8 Å². The lowest BCUT2D eigenvalue weighted by molar-refractivity contribution is -0.151. The van der Waals surface area contributed by atoms with E-state index in [0.717, 1.165) is 5.69 Å². The molecule has 3 rings (SSSR count). The van der Waals surface area contributed by atoms with Crippen molar-refractivity contribution in [3.8, 4) is 11.5 Å². The molecule has 1 saturated heterocycles. The minimum Gasteiger partial charge on any atom is -0.490 e. The van der Waals surface area contributed by atoms with Gasteiger partial charge in [-0.1, -0.05) is 0 Å². The predicted octanol–water partition coefficient (Wildman–Crippen LogP) is 3.31. The molecular weight excluding hydrogens is 502 g/mol. The maximum Gasteiger partial charge on any atom is 0.528 e. The summed E-state index contributed by atoms with van der Waals surface area (Å²) in [7, 11) is -1.50. The van der Waals surface area contributed by atoms with Crippen molar-refractivity contribution in [1.82, 2.24) is 15.0 Å². The van der Waals surface area contributed by atoms with E-state index in [4.69, 9.17) is 19.0 Å². The number of aryl methyl sites for hydroxylation is 1. The van der Waals surface area contributed by atoms with Crippen molar-refractivity contribution in [1.29, 1.82) is 0 Å². The van der Waals surface area contributed by atoms with Crippen LogP contribution >= 0.6 is 0 Å². The molecule has 13 heteroatoms. The number of hydrogen-bond donors (Lipinski definition) is 2. The Morgan fingerprint density at radius 3 is 2.57 bits per heavy atom. The van der Waals surface area contributed by atoms with Crippen molar-refractivity contribution < 1.29 is 32.3 Å². The fraction of sp³-hybridized carbons (Fsp3) is 0.542. The Morgan fingerprint density at radius 1 is 1.22 bits per heavy atom. The lowest BCUT2D eigenvalue weighted by atomic mass is 10.1. The number of carbonyl (C=O) groups is 1. The molecule has 1 aliphatic heterocycles. The first kappa shape index (κ1) is 28.3. The summed E-state index contributed by atoms with van der Waals surface area (Å²) in [6.07, 6.45) is 3.10. The number of hydroxylamine groups is 2. The van der Waals surface area contributed by atoms with E-state index < -0.39 is 16.0 Å². The number of nitrogens with one attached hydrogen (secondary N) is 2. The molecule has 0 radical (unpaired) electrons. The Hall–Kier alpha value is -3.32. The van der Waals surface area contributed by atoms with Gasteiger partial charge in [-0.2, -0.15) is 0 Å². The number of rotatable bonds is 11. The third-order valence-electron chi connectivity index (χ3n) is 5.42. The Kier molecular flexibility index (Phi) is 9.75. The van der Waals surface area contributed by atoms with Gasteiger partial charge < -0.3 is 29.7 Å². The molecule has 204 valence electrons. The molecule has 37 heavy (non-hydrogen) atoms. The quantitative estimate of drug-likeness (QED) is 0.406. The normalized spacial score (nSPS) is 14.8. The van der Waals surface area contributed by atoms with Crippen molar-refractivity contribution in [2.24, 2.45) is 0 Å². The smallest absolute Gasteiger partial charge is 0.490 e. The van der Waals surface area contributed by atoms with Crippen LogP contribution in [-0.4, -0.2) is 80.6 Å². The summed E-state index contributed by atoms with van der Waals surface area (Å²) in [4.78, 5) is 25.8. The van der Waals surface area contributed by atoms with Crippen LogP contribution in [0.25, 0.3) is 0 Å². The van der Waals surface area contributed by atoms with Crippen molar-refractivity contribution in [3.63, 3.8) is 0 Å². The number of hydrogen-bond acceptors (Lipinski definition) is 12. The van der Waals surface area contributed by atoms with Gasteiger partial charge in [-0.05, 0) is 32.9 Å². The lowest BCUT2D eigenvalue weighted by Gasteiger charge is -2.30. The van der Waals surface area contributed by atoms with Crippen LogP contribution in [-0.2, 0) is 19.4 Å². The number of nitrogens with zero attached hydrogens (tertiary/aromatic N) is 3. The highest BCUT2D eigenvalue weighted by atomic mass is 32.2. The fourth-order valence-electron chi connectivity index (χ4n) is 3.63. The molecular formula is C24H35N5O7S. The highest BCUT2D eigenvalue weighted by Gasteiger charge is 2.25. The molecule has 0 aliphatic carbocycles. The second kappa shape index (κ2) is 12.8. The van der Waals surface area contributed by atoms with Crippen molar-refractivity contribution in [3.05, 3.63) is 30.1 Å². The van der Waals surface area contributed by atoms with Crippen molar-refractivity contribution >= 4 is 33.3 Å². The van der Waals surface area contributed by atoms with Crippen LogP contribution in [0, 0.1) is 6.92 Å². The zero-order chi connectivity index (χ0) is 27.0. The van der Waals surface area contributed by atoms with E-state index in [9.17, 15) is 13.2 Å². The van der Waals surface area contributed by atoms with E-state index in [-0.39, 0.29) is 24.5 Å². The van der Waals surface area contributed by atoms with Gasteiger partial charge in [0.05, 0.1) is 30.3 Å². The number of carbonyl (C=O) groups excluding carboxylic acids is 1. The van der Waals surface area contributed by atoms with Crippen LogP contribution < -0.4 is 20.1 Å². The van der Waals surface area contributed by atoms with E-state index in [2.05, 4.69) is 20.6 Å². The zero-order valence-electron chi connectivity index (χ0n) is 21.8. The van der Waals surface area contributed by atoms with Gasteiger partial charge in [0.15, 0.2) is 11.6 Å². The number of anilines is 3. The summed E-state index contributed by atoms with van der Waals surface area (Å²) in [5, 5.41) is 7.83. The third kappa shape index (κ3) is 8.93. The lowest BCUT2D eigenvalue weighted by Crippen LogP contribution is -2.39. The van der Waals surface area contributed by atoms with Crippen LogP contribution in [0.15, 0.2) is 24.4 Å². The molecule has 1 aliphatic rings. The zero-order valence-corrected chi connectivity index (χ0v) is 22.6. The number of sulfone groups is 1. The van der Waals surface area contributed by atoms with Crippen molar-refractivity contribution in [2.75, 3.05) is 49.4 Å². The van der Waals surface area contributed by atoms with Crippen LogP contribution in [0.3, 0.4) is 0 Å². The molecule has 0 unspecified atom stereocenters. The van der Waals surface area contributed by atoms with E-state index in [1.807, 2.05) is 13.0 Å². The van der Waals surface area contributed by atoms with Gasteiger partial charge in [-0.25, -0.2) is 23.2 Å². The van der Waals surface area contributed by atoms with E-state index >= 15 is 0 Å². The number of aromatic nitrogens is 2. The van der Waals surface area contributed by atoms with Crippen LogP contribution in [0.4, 0.5) is 22.1 Å². The van der Waals surface area contributed by atoms with Gasteiger partial charge in [-0.3, -0.25) is 0 Å². The number of ether oxygens (including phenoxy) is 3. The summed E-state index contributed by atoms with van der Waals surface area (Å²) >= 11 is 0. The first-order chi connectivity index (χ1) is 17.5. The molecule has 0 bridgehead atoms. The molecule has 0 spiro atoms. The number of piperidine rings is 1. The highest BCUT2D eigenvalue weighted by Crippen LogP contribution is 2.37. The maximum atomic E-state index is 11.7. The summed E-state index contributed by atoms with van der Waals surface area (Å²) in [6, 6.07) is 5.34. The average molecular weight is 538 g/mol. The second-order valence-corrected chi connectivity index (χ2v) is 11.2. The second-order valence-electron chi connectivity index (χ2n) is 8.96. The highest BCUT2D eigenvalue weighted by molar-refractivity contribution is 7.90. The summed E-state index contributed by atoms with van der Waals surface area (Å²) in [6.45, 7) is 6.68. The van der Waals surface area contributed by atoms with E-state index in [1.165, 1.54) is 6.26 Å².